The van der Waals surface area contributed by atoms with E-state index in [2.05, 4.69) is 48.4 Å². The van der Waals surface area contributed by atoms with Crippen molar-refractivity contribution in [3.8, 4) is 17.2 Å². The lowest BCUT2D eigenvalue weighted by Gasteiger charge is -2.11. The summed E-state index contributed by atoms with van der Waals surface area (Å²) in [5.74, 6) is 2.17. The first-order chi connectivity index (χ1) is 15.0. The van der Waals surface area contributed by atoms with E-state index < -0.39 is 0 Å². The molecule has 0 atom stereocenters. The zero-order valence-electron chi connectivity index (χ0n) is 18.4. The average Bonchev–Trinajstić information content (AvgIpc) is 3.26. The molecule has 0 aliphatic rings. The number of methoxy groups -OCH3 is 2. The fourth-order valence-corrected chi connectivity index (χ4v) is 3.98. The van der Waals surface area contributed by atoms with Crippen molar-refractivity contribution in [2.24, 2.45) is 0 Å². The fraction of sp³-hybridized carbons (Fsp3) is 0.333. The van der Waals surface area contributed by atoms with Crippen LogP contribution in [0.2, 0.25) is 0 Å². The molecule has 0 spiro atoms. The standard InChI is InChI=1S/C24H29N3O3S/c1-17(2)19-6-8-20(9-7-19)27-14-13-26-24(27)31-16-23(28)25-12-11-18-5-10-21(29-3)22(15-18)30-4/h5-10,13-15,17H,11-12,16H2,1-4H3,(H,25,28). The molecule has 6 nitrogen and oxygen atoms in total. The number of hydrogen-bond acceptors (Lipinski definition) is 5. The number of carbonyl (C=O) groups excluding carboxylic acids is 1. The quantitative estimate of drug-likeness (QED) is 0.473. The molecular weight excluding hydrogens is 410 g/mol. The van der Waals surface area contributed by atoms with Crippen LogP contribution in [-0.4, -0.2) is 42.0 Å². The Labute approximate surface area is 188 Å². The summed E-state index contributed by atoms with van der Waals surface area (Å²) >= 11 is 1.43. The first-order valence-corrected chi connectivity index (χ1v) is 11.2. The fourth-order valence-electron chi connectivity index (χ4n) is 3.18. The third-order valence-corrected chi connectivity index (χ3v) is 5.93. The lowest BCUT2D eigenvalue weighted by atomic mass is 10.0. The van der Waals surface area contributed by atoms with Crippen molar-refractivity contribution < 1.29 is 14.3 Å². The molecular formula is C24H29N3O3S. The number of hydrogen-bond donors (Lipinski definition) is 1. The molecule has 0 radical (unpaired) electrons. The van der Waals surface area contributed by atoms with Crippen molar-refractivity contribution in [1.82, 2.24) is 14.9 Å². The van der Waals surface area contributed by atoms with Gasteiger partial charge in [-0.15, -0.1) is 0 Å². The molecule has 7 heteroatoms. The highest BCUT2D eigenvalue weighted by molar-refractivity contribution is 7.99. The summed E-state index contributed by atoms with van der Waals surface area (Å²) in [6, 6.07) is 14.2. The Morgan fingerprint density at radius 1 is 1.10 bits per heavy atom. The van der Waals surface area contributed by atoms with E-state index in [4.69, 9.17) is 9.47 Å². The van der Waals surface area contributed by atoms with Gasteiger partial charge in [0.25, 0.3) is 0 Å². The summed E-state index contributed by atoms with van der Waals surface area (Å²) in [4.78, 5) is 16.7. The number of thioether (sulfide) groups is 1. The van der Waals surface area contributed by atoms with Gasteiger partial charge in [-0.3, -0.25) is 9.36 Å². The van der Waals surface area contributed by atoms with Gasteiger partial charge in [-0.2, -0.15) is 0 Å². The summed E-state index contributed by atoms with van der Waals surface area (Å²) in [6.45, 7) is 4.91. The topological polar surface area (TPSA) is 65.4 Å². The number of nitrogens with zero attached hydrogens (tertiary/aromatic N) is 2. The smallest absolute Gasteiger partial charge is 0.230 e. The molecule has 0 aliphatic heterocycles. The van der Waals surface area contributed by atoms with E-state index >= 15 is 0 Å². The van der Waals surface area contributed by atoms with Crippen LogP contribution in [0.5, 0.6) is 11.5 Å². The summed E-state index contributed by atoms with van der Waals surface area (Å²) < 4.78 is 12.6. The number of carbonyl (C=O) groups is 1. The van der Waals surface area contributed by atoms with Crippen molar-refractivity contribution in [2.45, 2.75) is 31.3 Å². The first kappa shape index (κ1) is 22.7. The maximum atomic E-state index is 12.3. The minimum atomic E-state index is -0.0183. The second-order valence-corrected chi connectivity index (χ2v) is 8.35. The van der Waals surface area contributed by atoms with Crippen molar-refractivity contribution in [3.05, 3.63) is 66.0 Å². The third-order valence-electron chi connectivity index (χ3n) is 4.96. The largest absolute Gasteiger partial charge is 0.493 e. The Morgan fingerprint density at radius 3 is 2.52 bits per heavy atom. The molecule has 2 aromatic carbocycles. The second kappa shape index (κ2) is 10.9. The number of benzene rings is 2. The Kier molecular flexibility index (Phi) is 8.00. The Balaban J connectivity index is 1.50. The van der Waals surface area contributed by atoms with E-state index in [1.165, 1.54) is 17.3 Å². The number of rotatable bonds is 10. The number of aromatic nitrogens is 2. The van der Waals surface area contributed by atoms with E-state index in [1.54, 1.807) is 20.4 Å². The van der Waals surface area contributed by atoms with E-state index in [1.807, 2.05) is 29.0 Å². The van der Waals surface area contributed by atoms with Gasteiger partial charge in [0, 0.05) is 24.6 Å². The zero-order chi connectivity index (χ0) is 22.2. The maximum absolute atomic E-state index is 12.3. The van der Waals surface area contributed by atoms with Gasteiger partial charge in [-0.1, -0.05) is 43.8 Å². The van der Waals surface area contributed by atoms with Crippen LogP contribution in [0.15, 0.2) is 60.0 Å². The highest BCUT2D eigenvalue weighted by Crippen LogP contribution is 2.27. The van der Waals surface area contributed by atoms with Gasteiger partial charge in [0.05, 0.1) is 20.0 Å². The molecule has 1 aromatic heterocycles. The summed E-state index contributed by atoms with van der Waals surface area (Å²) in [5.41, 5.74) is 3.41. The summed E-state index contributed by atoms with van der Waals surface area (Å²) in [6.07, 6.45) is 4.39. The molecule has 1 heterocycles. The Morgan fingerprint density at radius 2 is 1.84 bits per heavy atom. The number of imidazole rings is 1. The number of amides is 1. The molecule has 0 fully saturated rings. The molecule has 3 aromatic rings. The number of ether oxygens (including phenoxy) is 2. The molecule has 1 N–H and O–H groups in total. The highest BCUT2D eigenvalue weighted by Gasteiger charge is 2.10. The summed E-state index contributed by atoms with van der Waals surface area (Å²) in [7, 11) is 3.23. The van der Waals surface area contributed by atoms with Crippen LogP contribution >= 0.6 is 11.8 Å². The van der Waals surface area contributed by atoms with Gasteiger partial charge >= 0.3 is 0 Å². The molecule has 1 amide bonds. The zero-order valence-corrected chi connectivity index (χ0v) is 19.2. The van der Waals surface area contributed by atoms with Crippen molar-refractivity contribution in [2.75, 3.05) is 26.5 Å². The van der Waals surface area contributed by atoms with Gasteiger partial charge in [-0.05, 0) is 47.7 Å². The van der Waals surface area contributed by atoms with Crippen LogP contribution in [0.4, 0.5) is 0 Å². The van der Waals surface area contributed by atoms with Crippen LogP contribution in [0.25, 0.3) is 5.69 Å². The van der Waals surface area contributed by atoms with Gasteiger partial charge in [0.15, 0.2) is 16.7 Å². The van der Waals surface area contributed by atoms with Gasteiger partial charge in [0.1, 0.15) is 0 Å². The molecule has 31 heavy (non-hydrogen) atoms. The monoisotopic (exact) mass is 439 g/mol. The molecule has 0 bridgehead atoms. The molecule has 0 saturated heterocycles. The van der Waals surface area contributed by atoms with Crippen molar-refractivity contribution >= 4 is 17.7 Å². The van der Waals surface area contributed by atoms with E-state index in [-0.39, 0.29) is 5.91 Å². The van der Waals surface area contributed by atoms with Crippen LogP contribution < -0.4 is 14.8 Å². The SMILES string of the molecule is COc1ccc(CCNC(=O)CSc2nccn2-c2ccc(C(C)C)cc2)cc1OC. The average molecular weight is 440 g/mol. The molecule has 0 saturated carbocycles. The number of nitrogens with one attached hydrogen (secondary N) is 1. The van der Waals surface area contributed by atoms with E-state index in [0.29, 0.717) is 36.1 Å². The highest BCUT2D eigenvalue weighted by atomic mass is 32.2. The molecule has 3 rings (SSSR count). The molecule has 164 valence electrons. The second-order valence-electron chi connectivity index (χ2n) is 7.40. The van der Waals surface area contributed by atoms with Crippen LogP contribution in [-0.2, 0) is 11.2 Å². The minimum Gasteiger partial charge on any atom is -0.493 e. The maximum Gasteiger partial charge on any atom is 0.230 e. The van der Waals surface area contributed by atoms with Gasteiger partial charge in [-0.25, -0.2) is 4.98 Å². The van der Waals surface area contributed by atoms with E-state index in [9.17, 15) is 4.79 Å². The predicted octanol–water partition coefficient (Wildman–Crippen LogP) is 4.46. The lowest BCUT2D eigenvalue weighted by Crippen LogP contribution is -2.27. The summed E-state index contributed by atoms with van der Waals surface area (Å²) in [5, 5.41) is 3.77. The third kappa shape index (κ3) is 6.04. The first-order valence-electron chi connectivity index (χ1n) is 10.3. The predicted molar refractivity (Wildman–Crippen MR) is 125 cm³/mol. The Hall–Kier alpha value is -2.93. The Bertz CT molecular complexity index is 1000. The van der Waals surface area contributed by atoms with Crippen LogP contribution in [0, 0.1) is 0 Å². The van der Waals surface area contributed by atoms with Crippen LogP contribution in [0.1, 0.15) is 30.9 Å². The normalized spacial score (nSPS) is 10.9. The van der Waals surface area contributed by atoms with Crippen LogP contribution in [0.3, 0.4) is 0 Å². The minimum absolute atomic E-state index is 0.0183. The van der Waals surface area contributed by atoms with Crippen molar-refractivity contribution in [3.63, 3.8) is 0 Å². The van der Waals surface area contributed by atoms with Gasteiger partial charge in [0.2, 0.25) is 5.91 Å². The molecule has 0 unspecified atom stereocenters. The van der Waals surface area contributed by atoms with E-state index in [0.717, 1.165) is 16.4 Å². The van der Waals surface area contributed by atoms with Crippen molar-refractivity contribution in [1.29, 1.82) is 0 Å². The molecule has 0 aliphatic carbocycles. The lowest BCUT2D eigenvalue weighted by molar-refractivity contribution is -0.118. The van der Waals surface area contributed by atoms with Gasteiger partial charge < -0.3 is 14.8 Å².